The van der Waals surface area contributed by atoms with Gasteiger partial charge in [-0.2, -0.15) is 0 Å². The van der Waals surface area contributed by atoms with E-state index in [9.17, 15) is 13.6 Å². The molecule has 1 heterocycles. The third-order valence-corrected chi connectivity index (χ3v) is 2.73. The fraction of sp³-hybridized carbons (Fsp3) is 0.273. The number of imidazole rings is 1. The largest absolute Gasteiger partial charge is 0.369 e. The summed E-state index contributed by atoms with van der Waals surface area (Å²) in [4.78, 5) is 15.2. The van der Waals surface area contributed by atoms with E-state index in [4.69, 9.17) is 5.73 Å². The van der Waals surface area contributed by atoms with Gasteiger partial charge in [0.1, 0.15) is 0 Å². The Balaban J connectivity index is 2.75. The molecule has 2 aromatic rings. The Labute approximate surface area is 96.0 Å². The topological polar surface area (TPSA) is 60.9 Å². The number of hydrogen-bond acceptors (Lipinski definition) is 3. The van der Waals surface area contributed by atoms with Crippen molar-refractivity contribution in [1.29, 1.82) is 0 Å². The van der Waals surface area contributed by atoms with Crippen molar-refractivity contribution in [3.05, 3.63) is 23.8 Å². The molecule has 0 saturated heterocycles. The number of anilines is 1. The van der Waals surface area contributed by atoms with Gasteiger partial charge in [-0.05, 0) is 13.8 Å². The number of hydrogen-bond donors (Lipinski definition) is 1. The molecule has 17 heavy (non-hydrogen) atoms. The first-order chi connectivity index (χ1) is 7.91. The van der Waals surface area contributed by atoms with Crippen LogP contribution in [-0.2, 0) is 4.79 Å². The summed E-state index contributed by atoms with van der Waals surface area (Å²) in [5.41, 5.74) is 6.19. The monoisotopic (exact) mass is 239 g/mol. The number of Topliss-reactive ketones (excluding diaryl/α,β-unsaturated/α-hetero) is 1. The number of nitrogens with zero attached hydrogens (tertiary/aromatic N) is 2. The van der Waals surface area contributed by atoms with Crippen LogP contribution in [0, 0.1) is 11.6 Å². The molecule has 0 amide bonds. The Hall–Kier alpha value is -1.98. The molecule has 0 spiro atoms. The summed E-state index contributed by atoms with van der Waals surface area (Å²) >= 11 is 0. The van der Waals surface area contributed by atoms with E-state index >= 15 is 0 Å². The molecule has 90 valence electrons. The Morgan fingerprint density at radius 2 is 2.00 bits per heavy atom. The lowest BCUT2D eigenvalue weighted by Crippen LogP contribution is -2.15. The lowest BCUT2D eigenvalue weighted by atomic mass is 10.2. The number of nitrogen functional groups attached to an aromatic ring is 1. The zero-order chi connectivity index (χ0) is 12.7. The zero-order valence-electron chi connectivity index (χ0n) is 9.37. The summed E-state index contributed by atoms with van der Waals surface area (Å²) in [6, 6.07) is 1.39. The van der Waals surface area contributed by atoms with Crippen molar-refractivity contribution >= 4 is 22.8 Å². The molecule has 0 aliphatic rings. The van der Waals surface area contributed by atoms with Crippen LogP contribution in [-0.4, -0.2) is 15.3 Å². The van der Waals surface area contributed by atoms with Crippen LogP contribution in [0.5, 0.6) is 0 Å². The molecule has 0 radical (unpaired) electrons. The van der Waals surface area contributed by atoms with Gasteiger partial charge >= 0.3 is 0 Å². The molecule has 0 aliphatic heterocycles. The maximum Gasteiger partial charge on any atom is 0.201 e. The molecule has 1 aromatic carbocycles. The molecule has 0 fully saturated rings. The minimum Gasteiger partial charge on any atom is -0.369 e. The van der Waals surface area contributed by atoms with Crippen molar-refractivity contribution in [2.24, 2.45) is 0 Å². The van der Waals surface area contributed by atoms with E-state index in [-0.39, 0.29) is 17.2 Å². The summed E-state index contributed by atoms with van der Waals surface area (Å²) in [5.74, 6) is -2.06. The van der Waals surface area contributed by atoms with Gasteiger partial charge in [-0.3, -0.25) is 4.79 Å². The molecule has 0 bridgehead atoms. The van der Waals surface area contributed by atoms with E-state index < -0.39 is 17.7 Å². The normalized spacial score (nSPS) is 12.9. The predicted octanol–water partition coefficient (Wildman–Crippen LogP) is 2.05. The van der Waals surface area contributed by atoms with Crippen LogP contribution < -0.4 is 5.73 Å². The van der Waals surface area contributed by atoms with Gasteiger partial charge in [-0.25, -0.2) is 13.8 Å². The highest BCUT2D eigenvalue weighted by Gasteiger charge is 2.19. The van der Waals surface area contributed by atoms with Crippen molar-refractivity contribution < 1.29 is 13.6 Å². The fourth-order valence-electron chi connectivity index (χ4n) is 1.70. The van der Waals surface area contributed by atoms with Gasteiger partial charge in [-0.1, -0.05) is 0 Å². The molecule has 2 rings (SSSR count). The summed E-state index contributed by atoms with van der Waals surface area (Å²) in [6.45, 7) is 3.02. The predicted molar refractivity (Wildman–Crippen MR) is 59.5 cm³/mol. The average Bonchev–Trinajstić information content (AvgIpc) is 2.53. The zero-order valence-corrected chi connectivity index (χ0v) is 9.37. The quantitative estimate of drug-likeness (QED) is 0.872. The fourth-order valence-corrected chi connectivity index (χ4v) is 1.70. The van der Waals surface area contributed by atoms with Gasteiger partial charge in [0.05, 0.1) is 17.1 Å². The number of nitrogens with two attached hydrogens (primary N) is 1. The number of ketones is 1. The molecule has 1 aromatic heterocycles. The number of carbonyl (C=O) groups excluding carboxylic acids is 1. The van der Waals surface area contributed by atoms with Crippen LogP contribution in [0.4, 0.5) is 14.7 Å². The molecular weight excluding hydrogens is 228 g/mol. The third-order valence-electron chi connectivity index (χ3n) is 2.73. The van der Waals surface area contributed by atoms with Crippen LogP contribution in [0.1, 0.15) is 19.9 Å². The number of fused-ring (bicyclic) bond motifs is 1. The van der Waals surface area contributed by atoms with Crippen LogP contribution in [0.15, 0.2) is 12.1 Å². The summed E-state index contributed by atoms with van der Waals surface area (Å²) in [6.07, 6.45) is 0. The first-order valence-corrected chi connectivity index (χ1v) is 5.04. The SMILES string of the molecule is CC(=O)C(C)n1c(N)nc2cc(F)c(F)cc21. The Kier molecular flexibility index (Phi) is 2.57. The summed E-state index contributed by atoms with van der Waals surface area (Å²) in [5, 5.41) is 0. The van der Waals surface area contributed by atoms with Crippen LogP contribution in [0.3, 0.4) is 0 Å². The standard InChI is InChI=1S/C11H11F2N3O/c1-5(6(2)17)16-10-4-8(13)7(12)3-9(10)15-11(16)14/h3-5H,1-2H3,(H2,14,15). The van der Waals surface area contributed by atoms with Crippen molar-refractivity contribution in [2.45, 2.75) is 19.9 Å². The van der Waals surface area contributed by atoms with E-state index in [1.54, 1.807) is 6.92 Å². The number of halogens is 2. The lowest BCUT2D eigenvalue weighted by molar-refractivity contribution is -0.119. The van der Waals surface area contributed by atoms with Gasteiger partial charge in [0.25, 0.3) is 0 Å². The second-order valence-corrected chi connectivity index (χ2v) is 3.88. The maximum absolute atomic E-state index is 13.2. The second-order valence-electron chi connectivity index (χ2n) is 3.88. The first kappa shape index (κ1) is 11.5. The highest BCUT2D eigenvalue weighted by molar-refractivity contribution is 5.85. The number of aromatic nitrogens is 2. The number of rotatable bonds is 2. The molecular formula is C11H11F2N3O. The van der Waals surface area contributed by atoms with E-state index in [0.717, 1.165) is 12.1 Å². The van der Waals surface area contributed by atoms with Gasteiger partial charge < -0.3 is 10.3 Å². The Bertz CT molecular complexity index is 606. The Morgan fingerprint density at radius 3 is 2.59 bits per heavy atom. The minimum absolute atomic E-state index is 0.0627. The summed E-state index contributed by atoms with van der Waals surface area (Å²) < 4.78 is 27.6. The van der Waals surface area contributed by atoms with Crippen molar-refractivity contribution in [2.75, 3.05) is 5.73 Å². The Morgan fingerprint density at radius 1 is 1.41 bits per heavy atom. The van der Waals surface area contributed by atoms with Crippen molar-refractivity contribution in [1.82, 2.24) is 9.55 Å². The molecule has 2 N–H and O–H groups in total. The van der Waals surface area contributed by atoms with E-state index in [1.807, 2.05) is 0 Å². The van der Waals surface area contributed by atoms with E-state index in [0.29, 0.717) is 5.52 Å². The highest BCUT2D eigenvalue weighted by atomic mass is 19.2. The number of carbonyl (C=O) groups is 1. The van der Waals surface area contributed by atoms with Gasteiger partial charge in [-0.15, -0.1) is 0 Å². The average molecular weight is 239 g/mol. The van der Waals surface area contributed by atoms with Crippen molar-refractivity contribution in [3.8, 4) is 0 Å². The lowest BCUT2D eigenvalue weighted by Gasteiger charge is -2.12. The van der Waals surface area contributed by atoms with Crippen LogP contribution >= 0.6 is 0 Å². The first-order valence-electron chi connectivity index (χ1n) is 5.04. The number of benzene rings is 1. The van der Waals surface area contributed by atoms with Gasteiger partial charge in [0.2, 0.25) is 5.95 Å². The molecule has 0 saturated carbocycles. The second kappa shape index (κ2) is 3.80. The van der Waals surface area contributed by atoms with E-state index in [2.05, 4.69) is 4.98 Å². The third kappa shape index (κ3) is 1.75. The van der Waals surface area contributed by atoms with E-state index in [1.165, 1.54) is 11.5 Å². The van der Waals surface area contributed by atoms with Gasteiger partial charge in [0, 0.05) is 12.1 Å². The molecule has 1 atom stereocenters. The minimum atomic E-state index is -0.991. The molecule has 0 aliphatic carbocycles. The van der Waals surface area contributed by atoms with Crippen LogP contribution in [0.2, 0.25) is 0 Å². The molecule has 6 heteroatoms. The maximum atomic E-state index is 13.2. The summed E-state index contributed by atoms with van der Waals surface area (Å²) in [7, 11) is 0. The smallest absolute Gasteiger partial charge is 0.201 e. The van der Waals surface area contributed by atoms with Crippen molar-refractivity contribution in [3.63, 3.8) is 0 Å². The van der Waals surface area contributed by atoms with Gasteiger partial charge in [0.15, 0.2) is 17.4 Å². The van der Waals surface area contributed by atoms with Crippen LogP contribution in [0.25, 0.3) is 11.0 Å². The highest BCUT2D eigenvalue weighted by Crippen LogP contribution is 2.25. The molecule has 4 nitrogen and oxygen atoms in total. The molecule has 1 unspecified atom stereocenters.